The molecule has 7 nitrogen and oxygen atoms in total. The number of carboxylic acid groups (broad SMARTS) is 1. The van der Waals surface area contributed by atoms with E-state index in [0.717, 1.165) is 0 Å². The van der Waals surface area contributed by atoms with Crippen molar-refractivity contribution >= 4 is 29.5 Å². The molecule has 0 aromatic rings. The van der Waals surface area contributed by atoms with Gasteiger partial charge in [-0.25, -0.2) is 4.79 Å². The maximum atomic E-state index is 11.9. The molecule has 2 aliphatic rings. The molecule has 0 aliphatic carbocycles. The fourth-order valence-electron chi connectivity index (χ4n) is 2.58. The molecule has 0 aromatic carbocycles. The molecular weight excluding hydrogens is 296 g/mol. The van der Waals surface area contributed by atoms with Crippen molar-refractivity contribution in [2.24, 2.45) is 5.92 Å². The summed E-state index contributed by atoms with van der Waals surface area (Å²) in [6, 6.07) is -0.174. The zero-order valence-corrected chi connectivity index (χ0v) is 12.2. The van der Waals surface area contributed by atoms with Crippen molar-refractivity contribution < 1.29 is 24.6 Å². The summed E-state index contributed by atoms with van der Waals surface area (Å²) in [5.74, 6) is -1.90. The summed E-state index contributed by atoms with van der Waals surface area (Å²) in [5, 5.41) is 22.3. The molecule has 0 spiro atoms. The van der Waals surface area contributed by atoms with Crippen LogP contribution in [0.1, 0.15) is 19.8 Å². The lowest BCUT2D eigenvalue weighted by molar-refractivity contribution is -0.155. The van der Waals surface area contributed by atoms with E-state index >= 15 is 0 Å². The first-order chi connectivity index (χ1) is 9.97. The van der Waals surface area contributed by atoms with E-state index in [2.05, 4.69) is 5.32 Å². The van der Waals surface area contributed by atoms with E-state index in [1.165, 1.54) is 29.8 Å². The first-order valence-corrected chi connectivity index (χ1v) is 7.34. The summed E-state index contributed by atoms with van der Waals surface area (Å²) >= 11 is 1.18. The van der Waals surface area contributed by atoms with Crippen LogP contribution in [0.2, 0.25) is 0 Å². The number of thioether (sulfide) groups is 1. The maximum Gasteiger partial charge on any atom is 0.353 e. The Labute approximate surface area is 125 Å². The highest BCUT2D eigenvalue weighted by atomic mass is 32.2. The lowest BCUT2D eigenvalue weighted by atomic mass is 9.85. The summed E-state index contributed by atoms with van der Waals surface area (Å²) in [7, 11) is 0. The molecule has 1 unspecified atom stereocenters. The van der Waals surface area contributed by atoms with Gasteiger partial charge in [0.15, 0.2) is 0 Å². The minimum atomic E-state index is -1.14. The van der Waals surface area contributed by atoms with Crippen LogP contribution in [0.5, 0.6) is 0 Å². The normalized spacial score (nSPS) is 24.3. The Morgan fingerprint density at radius 3 is 2.81 bits per heavy atom. The van der Waals surface area contributed by atoms with Gasteiger partial charge >= 0.3 is 5.97 Å². The van der Waals surface area contributed by atoms with Crippen LogP contribution >= 0.6 is 11.8 Å². The van der Waals surface area contributed by atoms with Gasteiger partial charge in [-0.3, -0.25) is 9.59 Å². The van der Waals surface area contributed by atoms with Gasteiger partial charge in [-0.15, -0.1) is 0 Å². The molecular formula is C13H16N2O5S. The van der Waals surface area contributed by atoms with Crippen LogP contribution in [0.25, 0.3) is 0 Å². The molecule has 2 amide bonds. The fourth-order valence-corrected chi connectivity index (χ4v) is 3.45. The third kappa shape index (κ3) is 2.96. The van der Waals surface area contributed by atoms with Crippen molar-refractivity contribution in [3.8, 4) is 0 Å². The maximum absolute atomic E-state index is 11.9. The summed E-state index contributed by atoms with van der Waals surface area (Å²) in [6.07, 6.45) is 2.25. The third-order valence-electron chi connectivity index (χ3n) is 3.46. The molecule has 8 heteroatoms. The third-order valence-corrected chi connectivity index (χ3v) is 4.37. The van der Waals surface area contributed by atoms with Crippen LogP contribution in [0.15, 0.2) is 22.2 Å². The molecule has 1 saturated heterocycles. The van der Waals surface area contributed by atoms with Gasteiger partial charge < -0.3 is 20.4 Å². The Bertz CT molecular complexity index is 543. The lowest BCUT2D eigenvalue weighted by Gasteiger charge is -2.43. The molecule has 114 valence electrons. The number of fused-ring (bicyclic) bond motifs is 1. The predicted molar refractivity (Wildman–Crippen MR) is 75.7 cm³/mol. The number of carboxylic acids is 1. The van der Waals surface area contributed by atoms with E-state index < -0.39 is 5.97 Å². The molecule has 0 saturated carbocycles. The second-order valence-corrected chi connectivity index (χ2v) is 5.80. The number of nitrogens with one attached hydrogen (secondary N) is 1. The van der Waals surface area contributed by atoms with E-state index in [4.69, 9.17) is 5.11 Å². The van der Waals surface area contributed by atoms with Crippen LogP contribution < -0.4 is 5.32 Å². The standard InChI is InChI=1S/C13H16N2O5S/c1-7(17)14-3-5-21-10-6-9-8(2-4-16)12(18)15(9)11(10)13(19)20/h3,5,8-9,16H,2,4,6H2,1H3,(H,14,17)(H,19,20)/t8?,9-/m0/s1. The molecule has 2 rings (SSSR count). The summed E-state index contributed by atoms with van der Waals surface area (Å²) in [5.41, 5.74) is 0.0108. The van der Waals surface area contributed by atoms with Gasteiger partial charge in [-0.05, 0) is 11.8 Å². The molecule has 21 heavy (non-hydrogen) atoms. The second-order valence-electron chi connectivity index (χ2n) is 4.80. The topological polar surface area (TPSA) is 107 Å². The van der Waals surface area contributed by atoms with Gasteiger partial charge in [0.1, 0.15) is 5.70 Å². The van der Waals surface area contributed by atoms with Crippen molar-refractivity contribution in [1.82, 2.24) is 10.2 Å². The second kappa shape index (κ2) is 6.31. The number of aliphatic hydroxyl groups excluding tert-OH is 1. The van der Waals surface area contributed by atoms with Crippen LogP contribution in [-0.4, -0.2) is 45.5 Å². The van der Waals surface area contributed by atoms with Crippen molar-refractivity contribution in [2.75, 3.05) is 6.61 Å². The smallest absolute Gasteiger partial charge is 0.353 e. The number of amides is 2. The van der Waals surface area contributed by atoms with Crippen LogP contribution in [-0.2, 0) is 14.4 Å². The predicted octanol–water partition coefficient (Wildman–Crippen LogP) is 0.236. The number of aliphatic carboxylic acids is 1. The Hall–Kier alpha value is -1.80. The Balaban J connectivity index is 2.09. The molecule has 2 atom stereocenters. The highest BCUT2D eigenvalue weighted by Gasteiger charge is 2.54. The van der Waals surface area contributed by atoms with Crippen LogP contribution in [0, 0.1) is 5.92 Å². The van der Waals surface area contributed by atoms with E-state index in [0.29, 0.717) is 17.7 Å². The SMILES string of the molecule is CC(=O)NC=CSC1=C(C(=O)O)N2C(=O)C(CCO)[C@@H]2C1. The molecule has 2 heterocycles. The van der Waals surface area contributed by atoms with E-state index in [-0.39, 0.29) is 36.1 Å². The van der Waals surface area contributed by atoms with Crippen molar-refractivity contribution in [2.45, 2.75) is 25.8 Å². The number of β-lactam (4-membered cyclic amide) rings is 1. The first-order valence-electron chi connectivity index (χ1n) is 6.46. The fraction of sp³-hybridized carbons (Fsp3) is 0.462. The quantitative estimate of drug-likeness (QED) is 0.606. The summed E-state index contributed by atoms with van der Waals surface area (Å²) in [4.78, 5) is 35.9. The molecule has 2 aliphatic heterocycles. The highest BCUT2D eigenvalue weighted by Crippen LogP contribution is 2.47. The van der Waals surface area contributed by atoms with Gasteiger partial charge in [0, 0.05) is 31.1 Å². The van der Waals surface area contributed by atoms with Crippen molar-refractivity contribution in [3.05, 3.63) is 22.2 Å². The number of hydrogen-bond acceptors (Lipinski definition) is 5. The summed E-state index contributed by atoms with van der Waals surface area (Å²) in [6.45, 7) is 1.28. The number of nitrogens with zero attached hydrogens (tertiary/aromatic N) is 1. The van der Waals surface area contributed by atoms with Crippen molar-refractivity contribution in [1.29, 1.82) is 0 Å². The minimum absolute atomic E-state index is 0.0108. The van der Waals surface area contributed by atoms with E-state index in [1.807, 2.05) is 0 Å². The van der Waals surface area contributed by atoms with Gasteiger partial charge in [0.05, 0.1) is 12.0 Å². The van der Waals surface area contributed by atoms with E-state index in [9.17, 15) is 19.5 Å². The Kier molecular flexibility index (Phi) is 4.69. The van der Waals surface area contributed by atoms with Crippen LogP contribution in [0.3, 0.4) is 0 Å². The number of rotatable bonds is 6. The van der Waals surface area contributed by atoms with Crippen molar-refractivity contribution in [3.63, 3.8) is 0 Å². The zero-order valence-electron chi connectivity index (χ0n) is 11.4. The minimum Gasteiger partial charge on any atom is -0.477 e. The van der Waals surface area contributed by atoms with Gasteiger partial charge in [-0.1, -0.05) is 11.8 Å². The lowest BCUT2D eigenvalue weighted by Crippen LogP contribution is -2.58. The zero-order chi connectivity index (χ0) is 15.6. The first kappa shape index (κ1) is 15.6. The molecule has 0 aromatic heterocycles. The number of carbonyl (C=O) groups is 3. The Morgan fingerprint density at radius 1 is 1.52 bits per heavy atom. The number of carbonyl (C=O) groups excluding carboxylic acids is 2. The molecule has 3 N–H and O–H groups in total. The molecule has 0 bridgehead atoms. The Morgan fingerprint density at radius 2 is 2.24 bits per heavy atom. The molecule has 0 radical (unpaired) electrons. The van der Waals surface area contributed by atoms with Gasteiger partial charge in [0.2, 0.25) is 11.8 Å². The average molecular weight is 312 g/mol. The van der Waals surface area contributed by atoms with E-state index in [1.54, 1.807) is 5.41 Å². The van der Waals surface area contributed by atoms with Gasteiger partial charge in [0.25, 0.3) is 0 Å². The highest BCUT2D eigenvalue weighted by molar-refractivity contribution is 8.05. The summed E-state index contributed by atoms with van der Waals surface area (Å²) < 4.78 is 0. The monoisotopic (exact) mass is 312 g/mol. The number of aliphatic hydroxyl groups is 1. The number of hydrogen-bond donors (Lipinski definition) is 3. The molecule has 1 fully saturated rings. The largest absolute Gasteiger partial charge is 0.477 e. The average Bonchev–Trinajstić information content (AvgIpc) is 2.76. The van der Waals surface area contributed by atoms with Gasteiger partial charge in [-0.2, -0.15) is 0 Å². The van der Waals surface area contributed by atoms with Crippen LogP contribution in [0.4, 0.5) is 0 Å².